The number of nitrogens with zero attached hydrogens (tertiary/aromatic N) is 1. The van der Waals surface area contributed by atoms with Crippen LogP contribution in [0.4, 0.5) is 8.78 Å². The van der Waals surface area contributed by atoms with Crippen LogP contribution in [0.2, 0.25) is 5.02 Å². The van der Waals surface area contributed by atoms with E-state index in [1.807, 2.05) is 0 Å². The monoisotopic (exact) mass is 319 g/mol. The predicted molar refractivity (Wildman–Crippen MR) is 79.1 cm³/mol. The number of aromatic carboxylic acids is 1. The third-order valence-corrected chi connectivity index (χ3v) is 3.45. The Bertz CT molecular complexity index is 895. The lowest BCUT2D eigenvalue weighted by atomic mass is 10.0. The van der Waals surface area contributed by atoms with Crippen molar-refractivity contribution in [1.29, 1.82) is 0 Å². The summed E-state index contributed by atoms with van der Waals surface area (Å²) in [6, 6.07) is 9.43. The van der Waals surface area contributed by atoms with Gasteiger partial charge in [0.05, 0.1) is 11.3 Å². The van der Waals surface area contributed by atoms with Crippen molar-refractivity contribution >= 4 is 28.5 Å². The highest BCUT2D eigenvalue weighted by Crippen LogP contribution is 2.28. The van der Waals surface area contributed by atoms with Crippen LogP contribution in [-0.2, 0) is 0 Å². The Hall–Kier alpha value is -2.53. The van der Waals surface area contributed by atoms with Gasteiger partial charge >= 0.3 is 5.97 Å². The Morgan fingerprint density at radius 3 is 2.41 bits per heavy atom. The van der Waals surface area contributed by atoms with E-state index in [9.17, 15) is 18.7 Å². The van der Waals surface area contributed by atoms with E-state index in [1.54, 1.807) is 24.3 Å². The van der Waals surface area contributed by atoms with Crippen LogP contribution in [0, 0.1) is 11.6 Å². The van der Waals surface area contributed by atoms with Gasteiger partial charge in [-0.3, -0.25) is 0 Å². The molecule has 0 aliphatic heterocycles. The van der Waals surface area contributed by atoms with Crippen molar-refractivity contribution in [2.24, 2.45) is 0 Å². The fraction of sp³-hybridized carbons (Fsp3) is 0. The Morgan fingerprint density at radius 1 is 1.09 bits per heavy atom. The van der Waals surface area contributed by atoms with E-state index in [1.165, 1.54) is 6.07 Å². The van der Waals surface area contributed by atoms with Gasteiger partial charge < -0.3 is 5.11 Å². The van der Waals surface area contributed by atoms with Gasteiger partial charge in [-0.15, -0.1) is 0 Å². The minimum Gasteiger partial charge on any atom is -0.478 e. The highest BCUT2D eigenvalue weighted by Gasteiger charge is 2.16. The van der Waals surface area contributed by atoms with Crippen molar-refractivity contribution in [2.45, 2.75) is 0 Å². The van der Waals surface area contributed by atoms with Crippen molar-refractivity contribution in [2.75, 3.05) is 0 Å². The summed E-state index contributed by atoms with van der Waals surface area (Å²) in [4.78, 5) is 15.5. The summed E-state index contributed by atoms with van der Waals surface area (Å²) in [5.41, 5.74) is 0.448. The second-order valence-electron chi connectivity index (χ2n) is 4.65. The predicted octanol–water partition coefficient (Wildman–Crippen LogP) is 4.53. The van der Waals surface area contributed by atoms with E-state index >= 15 is 0 Å². The number of hydrogen-bond donors (Lipinski definition) is 1. The van der Waals surface area contributed by atoms with Gasteiger partial charge in [0.15, 0.2) is 5.82 Å². The molecule has 1 heterocycles. The zero-order valence-electron chi connectivity index (χ0n) is 11.0. The van der Waals surface area contributed by atoms with E-state index in [0.29, 0.717) is 16.7 Å². The molecule has 2 aromatic carbocycles. The van der Waals surface area contributed by atoms with Gasteiger partial charge in [-0.1, -0.05) is 23.7 Å². The molecule has 0 fully saturated rings. The zero-order valence-corrected chi connectivity index (χ0v) is 11.7. The second kappa shape index (κ2) is 5.35. The second-order valence-corrected chi connectivity index (χ2v) is 5.09. The maximum Gasteiger partial charge on any atom is 0.336 e. The molecule has 0 aliphatic rings. The van der Waals surface area contributed by atoms with Crippen molar-refractivity contribution in [1.82, 2.24) is 4.98 Å². The summed E-state index contributed by atoms with van der Waals surface area (Å²) in [6.07, 6.45) is 0. The lowest BCUT2D eigenvalue weighted by Crippen LogP contribution is -2.02. The number of aromatic nitrogens is 1. The molecule has 0 bridgehead atoms. The number of halogens is 3. The molecule has 0 amide bonds. The van der Waals surface area contributed by atoms with Gasteiger partial charge in [0, 0.05) is 22.0 Å². The summed E-state index contributed by atoms with van der Waals surface area (Å²) in [5, 5.41) is 9.72. The Kier molecular flexibility index (Phi) is 3.50. The van der Waals surface area contributed by atoms with E-state index in [2.05, 4.69) is 4.98 Å². The number of pyridine rings is 1. The van der Waals surface area contributed by atoms with Crippen LogP contribution in [0.1, 0.15) is 10.4 Å². The number of rotatable bonds is 2. The molecule has 110 valence electrons. The molecule has 0 atom stereocenters. The Morgan fingerprint density at radius 2 is 1.77 bits per heavy atom. The highest BCUT2D eigenvalue weighted by atomic mass is 35.5. The molecule has 0 spiro atoms. The molecule has 3 nitrogen and oxygen atoms in total. The lowest BCUT2D eigenvalue weighted by molar-refractivity contribution is 0.0699. The average molecular weight is 320 g/mol. The minimum atomic E-state index is -1.28. The fourth-order valence-corrected chi connectivity index (χ4v) is 2.32. The number of carboxylic acids is 1. The SMILES string of the molecule is O=C(O)c1cc(-c2ccc(Cl)cc2)nc2c(F)cc(F)cc12. The first-order valence-electron chi connectivity index (χ1n) is 6.25. The molecular formula is C16H8ClF2NO2. The van der Waals surface area contributed by atoms with Gasteiger partial charge in [0.1, 0.15) is 11.3 Å². The summed E-state index contributed by atoms with van der Waals surface area (Å²) in [5.74, 6) is -3.05. The number of benzene rings is 2. The van der Waals surface area contributed by atoms with Crippen LogP contribution >= 0.6 is 11.6 Å². The molecule has 3 aromatic rings. The van der Waals surface area contributed by atoms with Gasteiger partial charge in [0.25, 0.3) is 0 Å². The summed E-state index contributed by atoms with van der Waals surface area (Å²) in [6.45, 7) is 0. The number of hydrogen-bond acceptors (Lipinski definition) is 2. The zero-order chi connectivity index (χ0) is 15.9. The number of fused-ring (bicyclic) bond motifs is 1. The lowest BCUT2D eigenvalue weighted by Gasteiger charge is -2.08. The van der Waals surface area contributed by atoms with Crippen LogP contribution in [0.25, 0.3) is 22.2 Å². The van der Waals surface area contributed by atoms with Gasteiger partial charge in [-0.25, -0.2) is 18.6 Å². The molecule has 1 aromatic heterocycles. The quantitative estimate of drug-likeness (QED) is 0.755. The largest absolute Gasteiger partial charge is 0.478 e. The molecule has 0 unspecified atom stereocenters. The smallest absolute Gasteiger partial charge is 0.336 e. The van der Waals surface area contributed by atoms with Gasteiger partial charge in [0.2, 0.25) is 0 Å². The van der Waals surface area contributed by atoms with Crippen molar-refractivity contribution in [3.8, 4) is 11.3 Å². The van der Waals surface area contributed by atoms with E-state index in [4.69, 9.17) is 11.6 Å². The van der Waals surface area contributed by atoms with E-state index in [-0.39, 0.29) is 22.2 Å². The standard InChI is InChI=1S/C16H8ClF2NO2/c17-9-3-1-8(2-4-9)14-7-12(16(21)22)11-5-10(18)6-13(19)15(11)20-14/h1-7H,(H,21,22). The molecule has 0 radical (unpaired) electrons. The molecule has 0 saturated carbocycles. The Balaban J connectivity index is 2.34. The first kappa shape index (κ1) is 14.4. The Labute approximate surface area is 128 Å². The maximum absolute atomic E-state index is 13.9. The minimum absolute atomic E-state index is 0.0808. The summed E-state index contributed by atoms with van der Waals surface area (Å²) >= 11 is 5.80. The van der Waals surface area contributed by atoms with Crippen LogP contribution in [-0.4, -0.2) is 16.1 Å². The van der Waals surface area contributed by atoms with Gasteiger partial charge in [-0.05, 0) is 24.3 Å². The first-order chi connectivity index (χ1) is 10.5. The first-order valence-corrected chi connectivity index (χ1v) is 6.62. The van der Waals surface area contributed by atoms with E-state index in [0.717, 1.165) is 6.07 Å². The third kappa shape index (κ3) is 2.51. The van der Waals surface area contributed by atoms with Crippen LogP contribution in [0.5, 0.6) is 0 Å². The molecule has 1 N–H and O–H groups in total. The molecule has 22 heavy (non-hydrogen) atoms. The average Bonchev–Trinajstić information content (AvgIpc) is 2.47. The molecule has 6 heteroatoms. The van der Waals surface area contributed by atoms with Gasteiger partial charge in [-0.2, -0.15) is 0 Å². The third-order valence-electron chi connectivity index (χ3n) is 3.20. The normalized spacial score (nSPS) is 10.9. The van der Waals surface area contributed by atoms with Crippen LogP contribution in [0.15, 0.2) is 42.5 Å². The molecular weight excluding hydrogens is 312 g/mol. The number of carbonyl (C=O) groups is 1. The molecule has 3 rings (SSSR count). The van der Waals surface area contributed by atoms with Crippen LogP contribution < -0.4 is 0 Å². The molecule has 0 saturated heterocycles. The van der Waals surface area contributed by atoms with Crippen molar-refractivity contribution in [3.05, 3.63) is 64.7 Å². The topological polar surface area (TPSA) is 50.2 Å². The highest BCUT2D eigenvalue weighted by molar-refractivity contribution is 6.30. The van der Waals surface area contributed by atoms with Crippen LogP contribution in [0.3, 0.4) is 0 Å². The summed E-state index contributed by atoms with van der Waals surface area (Å²) in [7, 11) is 0. The number of carboxylic acid groups (broad SMARTS) is 1. The van der Waals surface area contributed by atoms with Crippen molar-refractivity contribution < 1.29 is 18.7 Å². The summed E-state index contributed by atoms with van der Waals surface area (Å²) < 4.78 is 27.3. The molecule has 0 aliphatic carbocycles. The fourth-order valence-electron chi connectivity index (χ4n) is 2.20. The van der Waals surface area contributed by atoms with E-state index < -0.39 is 17.6 Å². The maximum atomic E-state index is 13.9. The van der Waals surface area contributed by atoms with Crippen molar-refractivity contribution in [3.63, 3.8) is 0 Å².